The third-order valence-corrected chi connectivity index (χ3v) is 4.91. The minimum Gasteiger partial charge on any atom is -0.353 e. The van der Waals surface area contributed by atoms with E-state index >= 15 is 0 Å². The van der Waals surface area contributed by atoms with Gasteiger partial charge in [0.2, 0.25) is 5.91 Å². The van der Waals surface area contributed by atoms with Crippen LogP contribution in [0.1, 0.15) is 15.9 Å². The summed E-state index contributed by atoms with van der Waals surface area (Å²) in [6, 6.07) is 18.4. The molecule has 2 amide bonds. The van der Waals surface area contributed by atoms with Crippen LogP contribution < -0.4 is 16.2 Å². The summed E-state index contributed by atoms with van der Waals surface area (Å²) >= 11 is 0. The van der Waals surface area contributed by atoms with Gasteiger partial charge in [0.05, 0.1) is 25.8 Å². The summed E-state index contributed by atoms with van der Waals surface area (Å²) in [5.74, 6) is -0.626. The zero-order valence-electron chi connectivity index (χ0n) is 17.3. The average Bonchev–Trinajstić information content (AvgIpc) is 3.24. The second kappa shape index (κ2) is 9.69. The lowest BCUT2D eigenvalue weighted by Crippen LogP contribution is -2.38. The SMILES string of the molecule is O=C(CNC(=O)c1ccccc1)NCCn1ncc2c(=O)n(Cc3ccccc3)cnc21. The number of benzene rings is 2. The van der Waals surface area contributed by atoms with Crippen molar-refractivity contribution in [3.63, 3.8) is 0 Å². The molecule has 0 unspecified atom stereocenters. The molecule has 0 saturated carbocycles. The maximum absolute atomic E-state index is 12.8. The highest BCUT2D eigenvalue weighted by molar-refractivity contribution is 5.96. The van der Waals surface area contributed by atoms with Crippen molar-refractivity contribution < 1.29 is 9.59 Å². The molecule has 2 aromatic carbocycles. The lowest BCUT2D eigenvalue weighted by Gasteiger charge is -2.08. The molecule has 2 N–H and O–H groups in total. The van der Waals surface area contributed by atoms with E-state index in [1.54, 1.807) is 33.5 Å². The number of hydrogen-bond acceptors (Lipinski definition) is 5. The molecule has 0 aliphatic heterocycles. The highest BCUT2D eigenvalue weighted by Crippen LogP contribution is 2.07. The maximum atomic E-state index is 12.8. The van der Waals surface area contributed by atoms with Crippen molar-refractivity contribution in [2.24, 2.45) is 0 Å². The highest BCUT2D eigenvalue weighted by atomic mass is 16.2. The number of nitrogens with zero attached hydrogens (tertiary/aromatic N) is 4. The molecule has 0 aliphatic carbocycles. The second-order valence-electron chi connectivity index (χ2n) is 7.17. The number of amides is 2. The molecule has 0 saturated heterocycles. The number of carbonyl (C=O) groups is 2. The predicted octanol–water partition coefficient (Wildman–Crippen LogP) is 1.19. The molecule has 4 rings (SSSR count). The molecule has 0 bridgehead atoms. The Labute approximate surface area is 183 Å². The quantitative estimate of drug-likeness (QED) is 0.436. The molecular formula is C23H22N6O3. The zero-order valence-corrected chi connectivity index (χ0v) is 17.3. The Morgan fingerprint density at radius 1 is 0.938 bits per heavy atom. The summed E-state index contributed by atoms with van der Waals surface area (Å²) in [6.07, 6.45) is 3.00. The maximum Gasteiger partial charge on any atom is 0.264 e. The highest BCUT2D eigenvalue weighted by Gasteiger charge is 2.11. The molecule has 0 spiro atoms. The number of rotatable bonds is 8. The van der Waals surface area contributed by atoms with E-state index in [4.69, 9.17) is 0 Å². The fourth-order valence-corrected chi connectivity index (χ4v) is 3.27. The zero-order chi connectivity index (χ0) is 22.3. The van der Waals surface area contributed by atoms with Gasteiger partial charge in [0.15, 0.2) is 5.65 Å². The summed E-state index contributed by atoms with van der Waals surface area (Å²) in [5.41, 5.74) is 1.79. The van der Waals surface area contributed by atoms with Crippen LogP contribution in [0.15, 0.2) is 78.0 Å². The van der Waals surface area contributed by atoms with Crippen molar-refractivity contribution in [3.05, 3.63) is 94.7 Å². The average molecular weight is 430 g/mol. The summed E-state index contributed by atoms with van der Waals surface area (Å²) in [4.78, 5) is 41.1. The largest absolute Gasteiger partial charge is 0.353 e. The summed E-state index contributed by atoms with van der Waals surface area (Å²) in [5, 5.41) is 9.96. The van der Waals surface area contributed by atoms with E-state index in [0.717, 1.165) is 5.56 Å². The molecule has 9 heteroatoms. The topological polar surface area (TPSA) is 111 Å². The van der Waals surface area contributed by atoms with Crippen LogP contribution in [-0.2, 0) is 17.9 Å². The van der Waals surface area contributed by atoms with Gasteiger partial charge < -0.3 is 10.6 Å². The van der Waals surface area contributed by atoms with E-state index in [1.807, 2.05) is 36.4 Å². The van der Waals surface area contributed by atoms with Crippen molar-refractivity contribution in [2.45, 2.75) is 13.1 Å². The van der Waals surface area contributed by atoms with Gasteiger partial charge in [0.25, 0.3) is 11.5 Å². The summed E-state index contributed by atoms with van der Waals surface area (Å²) in [6.45, 7) is 0.928. The van der Waals surface area contributed by atoms with Gasteiger partial charge in [-0.3, -0.25) is 19.0 Å². The first kappa shape index (κ1) is 21.0. The Bertz CT molecular complexity index is 1280. The van der Waals surface area contributed by atoms with E-state index in [9.17, 15) is 14.4 Å². The lowest BCUT2D eigenvalue weighted by molar-refractivity contribution is -0.120. The fourth-order valence-electron chi connectivity index (χ4n) is 3.27. The lowest BCUT2D eigenvalue weighted by atomic mass is 10.2. The minimum atomic E-state index is -0.316. The standard InChI is InChI=1S/C23H22N6O3/c30-20(14-25-22(31)18-9-5-2-6-10-18)24-11-12-29-21-19(13-27-29)23(32)28(16-26-21)15-17-7-3-1-4-8-17/h1-10,13,16H,11-12,14-15H2,(H,24,30)(H,25,31). The van der Waals surface area contributed by atoms with Crippen molar-refractivity contribution in [2.75, 3.05) is 13.1 Å². The van der Waals surface area contributed by atoms with Crippen LogP contribution in [0, 0.1) is 0 Å². The molecule has 4 aromatic rings. The van der Waals surface area contributed by atoms with Gasteiger partial charge in [-0.05, 0) is 17.7 Å². The Balaban J connectivity index is 1.32. The Morgan fingerprint density at radius 2 is 1.66 bits per heavy atom. The molecule has 0 aliphatic rings. The molecule has 162 valence electrons. The Kier molecular flexibility index (Phi) is 6.35. The van der Waals surface area contributed by atoms with Crippen LogP contribution in [0.4, 0.5) is 0 Å². The Morgan fingerprint density at radius 3 is 2.41 bits per heavy atom. The first-order valence-corrected chi connectivity index (χ1v) is 10.2. The minimum absolute atomic E-state index is 0.129. The van der Waals surface area contributed by atoms with Crippen molar-refractivity contribution in [3.8, 4) is 0 Å². The van der Waals surface area contributed by atoms with Crippen LogP contribution >= 0.6 is 0 Å². The van der Waals surface area contributed by atoms with Crippen molar-refractivity contribution >= 4 is 22.8 Å². The van der Waals surface area contributed by atoms with Gasteiger partial charge in [-0.15, -0.1) is 0 Å². The van der Waals surface area contributed by atoms with Crippen molar-refractivity contribution in [1.29, 1.82) is 0 Å². The van der Waals surface area contributed by atoms with E-state index in [0.29, 0.717) is 29.7 Å². The first-order valence-electron chi connectivity index (χ1n) is 10.2. The van der Waals surface area contributed by atoms with Gasteiger partial charge in [0, 0.05) is 12.1 Å². The van der Waals surface area contributed by atoms with E-state index < -0.39 is 0 Å². The fraction of sp³-hybridized carbons (Fsp3) is 0.174. The predicted molar refractivity (Wildman–Crippen MR) is 119 cm³/mol. The monoisotopic (exact) mass is 430 g/mol. The third kappa shape index (κ3) is 4.89. The van der Waals surface area contributed by atoms with Crippen LogP contribution in [-0.4, -0.2) is 44.2 Å². The van der Waals surface area contributed by atoms with E-state index in [1.165, 1.54) is 12.5 Å². The third-order valence-electron chi connectivity index (χ3n) is 4.91. The smallest absolute Gasteiger partial charge is 0.264 e. The Hall–Kier alpha value is -4.27. The van der Waals surface area contributed by atoms with Crippen LogP contribution in [0.5, 0.6) is 0 Å². The molecule has 32 heavy (non-hydrogen) atoms. The number of fused-ring (bicyclic) bond motifs is 1. The molecular weight excluding hydrogens is 408 g/mol. The first-order chi connectivity index (χ1) is 15.6. The molecule has 2 heterocycles. The molecule has 0 radical (unpaired) electrons. The summed E-state index contributed by atoms with van der Waals surface area (Å²) < 4.78 is 3.12. The number of aromatic nitrogens is 4. The van der Waals surface area contributed by atoms with E-state index in [-0.39, 0.29) is 30.5 Å². The van der Waals surface area contributed by atoms with E-state index in [2.05, 4.69) is 20.7 Å². The van der Waals surface area contributed by atoms with Gasteiger partial charge in [-0.1, -0.05) is 48.5 Å². The van der Waals surface area contributed by atoms with Gasteiger partial charge in [-0.25, -0.2) is 9.67 Å². The van der Waals surface area contributed by atoms with Gasteiger partial charge in [0.1, 0.15) is 11.7 Å². The molecule has 0 fully saturated rings. The van der Waals surface area contributed by atoms with Crippen molar-refractivity contribution in [1.82, 2.24) is 30.0 Å². The van der Waals surface area contributed by atoms with Crippen LogP contribution in [0.2, 0.25) is 0 Å². The van der Waals surface area contributed by atoms with Crippen LogP contribution in [0.25, 0.3) is 11.0 Å². The van der Waals surface area contributed by atoms with Gasteiger partial charge >= 0.3 is 0 Å². The van der Waals surface area contributed by atoms with Crippen LogP contribution in [0.3, 0.4) is 0 Å². The van der Waals surface area contributed by atoms with Gasteiger partial charge in [-0.2, -0.15) is 5.10 Å². The molecule has 0 atom stereocenters. The number of hydrogen-bond donors (Lipinski definition) is 2. The normalized spacial score (nSPS) is 10.8. The molecule has 2 aromatic heterocycles. The number of carbonyl (C=O) groups excluding carboxylic acids is 2. The molecule has 9 nitrogen and oxygen atoms in total. The number of nitrogens with one attached hydrogen (secondary N) is 2. The second-order valence-corrected chi connectivity index (χ2v) is 7.17. The summed E-state index contributed by atoms with van der Waals surface area (Å²) in [7, 11) is 0.